The molecule has 0 fully saturated rings. The van der Waals surface area contributed by atoms with Gasteiger partial charge in [-0.1, -0.05) is 35.3 Å². The van der Waals surface area contributed by atoms with Gasteiger partial charge in [-0.2, -0.15) is 0 Å². The molecule has 0 saturated heterocycles. The SMILES string of the molecule is CN1Cc2c(Cl)cc(Cl)cc2[C@H](c2cccc(S)c2)C1.NCCOCCOCCNCCO. The van der Waals surface area contributed by atoms with Gasteiger partial charge in [-0.25, -0.2) is 0 Å². The van der Waals surface area contributed by atoms with E-state index in [-0.39, 0.29) is 12.5 Å². The summed E-state index contributed by atoms with van der Waals surface area (Å²) in [5, 5.41) is 12.9. The second kappa shape index (κ2) is 15.9. The molecule has 33 heavy (non-hydrogen) atoms. The third-order valence-corrected chi connectivity index (χ3v) is 5.94. The number of rotatable bonds is 11. The Labute approximate surface area is 212 Å². The number of hydrogen-bond acceptors (Lipinski definition) is 7. The first kappa shape index (κ1) is 28.4. The zero-order valence-electron chi connectivity index (χ0n) is 19.1. The van der Waals surface area contributed by atoms with E-state index in [1.165, 1.54) is 16.7 Å². The lowest BCUT2D eigenvalue weighted by Crippen LogP contribution is -2.31. The van der Waals surface area contributed by atoms with Crippen LogP contribution in [0, 0.1) is 0 Å². The lowest BCUT2D eigenvalue weighted by molar-refractivity contribution is 0.0516. The average molecular weight is 517 g/mol. The highest BCUT2D eigenvalue weighted by Crippen LogP contribution is 2.38. The monoisotopic (exact) mass is 515 g/mol. The third-order valence-electron chi connectivity index (χ3n) is 5.11. The zero-order valence-corrected chi connectivity index (χ0v) is 21.5. The van der Waals surface area contributed by atoms with Crippen LogP contribution in [0.1, 0.15) is 22.6 Å². The molecule has 2 aromatic carbocycles. The van der Waals surface area contributed by atoms with Crippen LogP contribution >= 0.6 is 35.8 Å². The number of nitrogens with zero attached hydrogens (tertiary/aromatic N) is 1. The van der Waals surface area contributed by atoms with Crippen molar-refractivity contribution in [2.45, 2.75) is 17.4 Å². The van der Waals surface area contributed by atoms with Crippen LogP contribution in [-0.4, -0.2) is 76.3 Å². The summed E-state index contributed by atoms with van der Waals surface area (Å²) in [6.07, 6.45) is 0. The van der Waals surface area contributed by atoms with Crippen molar-refractivity contribution in [1.29, 1.82) is 0 Å². The minimum absolute atomic E-state index is 0.166. The van der Waals surface area contributed by atoms with Crippen LogP contribution in [0.5, 0.6) is 0 Å². The first-order valence-corrected chi connectivity index (χ1v) is 12.3. The van der Waals surface area contributed by atoms with Gasteiger partial charge < -0.3 is 30.5 Å². The van der Waals surface area contributed by atoms with E-state index < -0.39 is 0 Å². The lowest BCUT2D eigenvalue weighted by atomic mass is 9.85. The topological polar surface area (TPSA) is 80.0 Å². The highest BCUT2D eigenvalue weighted by atomic mass is 35.5. The van der Waals surface area contributed by atoms with Crippen molar-refractivity contribution >= 4 is 35.8 Å². The summed E-state index contributed by atoms with van der Waals surface area (Å²) < 4.78 is 10.3. The predicted octanol–water partition coefficient (Wildman–Crippen LogP) is 3.42. The van der Waals surface area contributed by atoms with E-state index in [0.717, 1.165) is 29.6 Å². The summed E-state index contributed by atoms with van der Waals surface area (Å²) in [5.74, 6) is 0.284. The first-order chi connectivity index (χ1) is 16.0. The van der Waals surface area contributed by atoms with E-state index in [0.29, 0.717) is 44.5 Å². The molecule has 6 nitrogen and oxygen atoms in total. The molecular weight excluding hydrogens is 481 g/mol. The van der Waals surface area contributed by atoms with Crippen molar-refractivity contribution in [3.05, 3.63) is 63.1 Å². The summed E-state index contributed by atoms with van der Waals surface area (Å²) in [7, 11) is 2.12. The second-order valence-corrected chi connectivity index (χ2v) is 9.15. The molecule has 0 unspecified atom stereocenters. The highest BCUT2D eigenvalue weighted by molar-refractivity contribution is 7.80. The Morgan fingerprint density at radius 1 is 1.12 bits per heavy atom. The first-order valence-electron chi connectivity index (χ1n) is 11.1. The maximum absolute atomic E-state index is 8.43. The molecule has 0 radical (unpaired) electrons. The van der Waals surface area contributed by atoms with E-state index in [4.69, 9.17) is 43.5 Å². The lowest BCUT2D eigenvalue weighted by Gasteiger charge is -2.33. The second-order valence-electron chi connectivity index (χ2n) is 7.79. The number of hydrogen-bond donors (Lipinski definition) is 4. The minimum atomic E-state index is 0.166. The molecule has 0 aromatic heterocycles. The van der Waals surface area contributed by atoms with Crippen molar-refractivity contribution in [2.75, 3.05) is 66.3 Å². The van der Waals surface area contributed by atoms with Gasteiger partial charge in [-0.05, 0) is 48.0 Å². The van der Waals surface area contributed by atoms with E-state index in [2.05, 4.69) is 42.0 Å². The van der Waals surface area contributed by atoms with Crippen LogP contribution < -0.4 is 11.1 Å². The van der Waals surface area contributed by atoms with Crippen molar-refractivity contribution in [3.8, 4) is 0 Å². The number of fused-ring (bicyclic) bond motifs is 1. The molecule has 4 N–H and O–H groups in total. The number of likely N-dealkylation sites (N-methyl/N-ethyl adjacent to an activating group) is 1. The highest BCUT2D eigenvalue weighted by Gasteiger charge is 2.27. The average Bonchev–Trinajstić information content (AvgIpc) is 2.78. The summed E-state index contributed by atoms with van der Waals surface area (Å²) >= 11 is 17.0. The molecule has 1 aliphatic rings. The van der Waals surface area contributed by atoms with Gasteiger partial charge in [0.25, 0.3) is 0 Å². The fourth-order valence-electron chi connectivity index (χ4n) is 3.63. The molecular formula is C24H35Cl2N3O3S. The summed E-state index contributed by atoms with van der Waals surface area (Å²) in [6, 6.07) is 12.2. The third kappa shape index (κ3) is 10.1. The largest absolute Gasteiger partial charge is 0.395 e. The molecule has 0 bridgehead atoms. The number of ether oxygens (including phenoxy) is 2. The van der Waals surface area contributed by atoms with Crippen molar-refractivity contribution in [2.24, 2.45) is 5.73 Å². The van der Waals surface area contributed by atoms with Crippen molar-refractivity contribution in [1.82, 2.24) is 10.2 Å². The van der Waals surface area contributed by atoms with Crippen LogP contribution in [0.4, 0.5) is 0 Å². The maximum atomic E-state index is 8.43. The van der Waals surface area contributed by atoms with Crippen LogP contribution in [0.25, 0.3) is 0 Å². The van der Waals surface area contributed by atoms with E-state index >= 15 is 0 Å². The fraction of sp³-hybridized carbons (Fsp3) is 0.500. The maximum Gasteiger partial charge on any atom is 0.0701 e. The molecule has 9 heteroatoms. The molecule has 0 amide bonds. The molecule has 1 heterocycles. The normalized spacial score (nSPS) is 15.6. The molecule has 184 valence electrons. The van der Waals surface area contributed by atoms with Crippen LogP contribution in [0.2, 0.25) is 10.0 Å². The molecule has 2 aromatic rings. The van der Waals surface area contributed by atoms with Crippen molar-refractivity contribution in [3.63, 3.8) is 0 Å². The summed E-state index contributed by atoms with van der Waals surface area (Å²) in [5.41, 5.74) is 8.89. The van der Waals surface area contributed by atoms with E-state index in [1.807, 2.05) is 24.3 Å². The zero-order chi connectivity index (χ0) is 24.1. The van der Waals surface area contributed by atoms with E-state index in [1.54, 1.807) is 0 Å². The fourth-order valence-corrected chi connectivity index (χ4v) is 4.43. The number of nitrogens with one attached hydrogen (secondary N) is 1. The Morgan fingerprint density at radius 2 is 1.88 bits per heavy atom. The van der Waals surface area contributed by atoms with Crippen LogP contribution in [-0.2, 0) is 16.0 Å². The van der Waals surface area contributed by atoms with Gasteiger partial charge >= 0.3 is 0 Å². The summed E-state index contributed by atoms with van der Waals surface area (Å²) in [6.45, 7) is 6.35. The Morgan fingerprint density at radius 3 is 2.58 bits per heavy atom. The minimum Gasteiger partial charge on any atom is -0.395 e. The Balaban J connectivity index is 0.000000260. The molecule has 0 spiro atoms. The molecule has 3 rings (SSSR count). The standard InChI is InChI=1S/C16H15Cl2NS.C8H20N2O3/c1-19-8-14(10-3-2-4-12(20)5-10)13-6-11(17)7-16(18)15(13)9-19;9-1-5-12-7-8-13-6-3-10-2-4-11/h2-7,14,20H,8-9H2,1H3;10-11H,1-9H2/t14-;/m0./s1. The van der Waals surface area contributed by atoms with Gasteiger partial charge in [-0.15, -0.1) is 12.6 Å². The molecule has 1 atom stereocenters. The van der Waals surface area contributed by atoms with Crippen molar-refractivity contribution < 1.29 is 14.6 Å². The summed E-state index contributed by atoms with van der Waals surface area (Å²) in [4.78, 5) is 3.27. The van der Waals surface area contributed by atoms with Gasteiger partial charge in [0.2, 0.25) is 0 Å². The van der Waals surface area contributed by atoms with Gasteiger partial charge in [-0.3, -0.25) is 0 Å². The smallest absolute Gasteiger partial charge is 0.0701 e. The number of nitrogens with two attached hydrogens (primary N) is 1. The Hall–Kier alpha value is -0.870. The predicted molar refractivity (Wildman–Crippen MR) is 139 cm³/mol. The number of benzene rings is 2. The number of thiol groups is 1. The Bertz CT molecular complexity index is 835. The number of halogens is 2. The number of aliphatic hydroxyl groups excluding tert-OH is 1. The van der Waals surface area contributed by atoms with Crippen LogP contribution in [0.15, 0.2) is 41.3 Å². The van der Waals surface area contributed by atoms with Gasteiger partial charge in [0.05, 0.1) is 33.0 Å². The van der Waals surface area contributed by atoms with Gasteiger partial charge in [0, 0.05) is 53.6 Å². The number of aliphatic hydroxyl groups is 1. The quantitative estimate of drug-likeness (QED) is 0.271. The molecule has 0 aliphatic carbocycles. The van der Waals surface area contributed by atoms with E-state index in [9.17, 15) is 0 Å². The molecule has 0 saturated carbocycles. The Kier molecular flexibility index (Phi) is 13.7. The van der Waals surface area contributed by atoms with Gasteiger partial charge in [0.15, 0.2) is 0 Å². The molecule has 1 aliphatic heterocycles. The van der Waals surface area contributed by atoms with Crippen LogP contribution in [0.3, 0.4) is 0 Å². The van der Waals surface area contributed by atoms with Gasteiger partial charge in [0.1, 0.15) is 0 Å².